The van der Waals surface area contributed by atoms with Crippen molar-refractivity contribution in [3.8, 4) is 45.3 Å². The van der Waals surface area contributed by atoms with Gasteiger partial charge >= 0.3 is 0 Å². The minimum atomic E-state index is -0.184. The molecule has 4 heteroatoms. The van der Waals surface area contributed by atoms with Gasteiger partial charge in [-0.25, -0.2) is 0 Å². The number of phenols is 4. The van der Waals surface area contributed by atoms with Crippen LogP contribution in [0.15, 0.2) is 48.5 Å². The van der Waals surface area contributed by atoms with E-state index in [0.29, 0.717) is 23.0 Å². The molecule has 0 spiro atoms. The standard InChI is InChI=1S/C28H42O2.C16H18O2/c1-25(2,3)19-13-17(14-20(23(19)29)26(4,5)6)18-15-21(27(7,8)9)24(30)22(16-18)28(10,11)12;1-9-5-13(6-10(2)15(9)17)14-7-11(3)16(18)12(4)8-14/h13-16,29-30H,1-12H3;5-8,17-18H,1-4H3. The van der Waals surface area contributed by atoms with Crippen molar-refractivity contribution < 1.29 is 20.4 Å². The predicted molar refractivity (Wildman–Crippen MR) is 204 cm³/mol. The topological polar surface area (TPSA) is 80.9 Å². The lowest BCUT2D eigenvalue weighted by molar-refractivity contribution is 0.422. The molecule has 4 nitrogen and oxygen atoms in total. The van der Waals surface area contributed by atoms with Crippen LogP contribution in [0.5, 0.6) is 23.0 Å². The molecule has 0 saturated heterocycles. The van der Waals surface area contributed by atoms with E-state index < -0.39 is 0 Å². The molecule has 48 heavy (non-hydrogen) atoms. The van der Waals surface area contributed by atoms with Gasteiger partial charge in [0.05, 0.1) is 0 Å². The molecule has 0 atom stereocenters. The van der Waals surface area contributed by atoms with Crippen LogP contribution in [0, 0.1) is 27.7 Å². The van der Waals surface area contributed by atoms with Crippen molar-refractivity contribution >= 4 is 0 Å². The Labute approximate surface area is 290 Å². The summed E-state index contributed by atoms with van der Waals surface area (Å²) >= 11 is 0. The van der Waals surface area contributed by atoms with Crippen molar-refractivity contribution in [1.82, 2.24) is 0 Å². The molecule has 0 aromatic heterocycles. The molecule has 0 aliphatic rings. The highest BCUT2D eigenvalue weighted by molar-refractivity contribution is 5.73. The zero-order chi connectivity index (χ0) is 36.9. The van der Waals surface area contributed by atoms with Gasteiger partial charge in [0.1, 0.15) is 23.0 Å². The van der Waals surface area contributed by atoms with Crippen molar-refractivity contribution in [2.75, 3.05) is 0 Å². The highest BCUT2D eigenvalue weighted by Crippen LogP contribution is 2.46. The summed E-state index contributed by atoms with van der Waals surface area (Å²) in [5, 5.41) is 41.8. The molecule has 4 N–H and O–H groups in total. The second-order valence-electron chi connectivity index (χ2n) is 17.8. The Morgan fingerprint density at radius 3 is 0.625 bits per heavy atom. The molecule has 0 aliphatic heterocycles. The Balaban J connectivity index is 0.000000294. The summed E-state index contributed by atoms with van der Waals surface area (Å²) in [6, 6.07) is 16.3. The smallest absolute Gasteiger partial charge is 0.123 e. The Morgan fingerprint density at radius 1 is 0.292 bits per heavy atom. The van der Waals surface area contributed by atoms with Crippen LogP contribution in [0.3, 0.4) is 0 Å². The van der Waals surface area contributed by atoms with E-state index in [4.69, 9.17) is 0 Å². The molecular formula is C44H60O4. The molecule has 0 unspecified atom stereocenters. The highest BCUT2D eigenvalue weighted by atomic mass is 16.3. The molecule has 0 fully saturated rings. The molecule has 0 saturated carbocycles. The van der Waals surface area contributed by atoms with Crippen LogP contribution >= 0.6 is 0 Å². The largest absolute Gasteiger partial charge is 0.507 e. The zero-order valence-corrected chi connectivity index (χ0v) is 32.4. The van der Waals surface area contributed by atoms with Gasteiger partial charge in [0.2, 0.25) is 0 Å². The molecule has 4 aromatic carbocycles. The maximum atomic E-state index is 11.1. The Bertz CT molecular complexity index is 1560. The summed E-state index contributed by atoms with van der Waals surface area (Å²) < 4.78 is 0. The number of benzene rings is 4. The first kappa shape index (κ1) is 38.5. The summed E-state index contributed by atoms with van der Waals surface area (Å²) in [5.74, 6) is 1.49. The predicted octanol–water partition coefficient (Wildman–Crippen LogP) is 12.0. The fraction of sp³-hybridized carbons (Fsp3) is 0.455. The molecule has 0 heterocycles. The van der Waals surface area contributed by atoms with E-state index in [0.717, 1.165) is 66.8 Å². The van der Waals surface area contributed by atoms with Gasteiger partial charge in [-0.1, -0.05) is 83.1 Å². The van der Waals surface area contributed by atoms with Crippen LogP contribution in [-0.2, 0) is 21.7 Å². The third-order valence-electron chi connectivity index (χ3n) is 9.10. The van der Waals surface area contributed by atoms with Crippen molar-refractivity contribution in [3.05, 3.63) is 93.0 Å². The normalized spacial score (nSPS) is 12.5. The maximum Gasteiger partial charge on any atom is 0.123 e. The van der Waals surface area contributed by atoms with Gasteiger partial charge < -0.3 is 20.4 Å². The van der Waals surface area contributed by atoms with Crippen molar-refractivity contribution in [2.24, 2.45) is 0 Å². The lowest BCUT2D eigenvalue weighted by atomic mass is 9.75. The van der Waals surface area contributed by atoms with Gasteiger partial charge in [0, 0.05) is 22.3 Å². The summed E-state index contributed by atoms with van der Waals surface area (Å²) in [6.45, 7) is 33.2. The molecule has 0 aliphatic carbocycles. The van der Waals surface area contributed by atoms with E-state index in [1.54, 1.807) is 0 Å². The van der Waals surface area contributed by atoms with Crippen LogP contribution in [0.25, 0.3) is 22.3 Å². The van der Waals surface area contributed by atoms with Gasteiger partial charge in [-0.15, -0.1) is 0 Å². The first-order valence-corrected chi connectivity index (χ1v) is 17.0. The maximum absolute atomic E-state index is 11.1. The van der Waals surface area contributed by atoms with Crippen LogP contribution in [0.4, 0.5) is 0 Å². The lowest BCUT2D eigenvalue weighted by Gasteiger charge is -2.30. The number of phenolic OH excluding ortho intramolecular Hbond substituents is 4. The second-order valence-corrected chi connectivity index (χ2v) is 17.8. The number of hydrogen-bond acceptors (Lipinski definition) is 4. The molecule has 0 amide bonds. The SMILES string of the molecule is CC(C)(C)c1cc(-c2cc(C(C)(C)C)c(O)c(C(C)(C)C)c2)cc(C(C)(C)C)c1O.Cc1cc(-c2cc(C)c(O)c(C)c2)cc(C)c1O. The Morgan fingerprint density at radius 2 is 0.458 bits per heavy atom. The fourth-order valence-electron chi connectivity index (χ4n) is 6.13. The first-order chi connectivity index (χ1) is 21.6. The minimum Gasteiger partial charge on any atom is -0.507 e. The molecule has 4 aromatic rings. The average molecular weight is 653 g/mol. The molecular weight excluding hydrogens is 592 g/mol. The van der Waals surface area contributed by atoms with Gasteiger partial charge in [-0.3, -0.25) is 0 Å². The molecule has 0 bridgehead atoms. The number of hydrogen-bond donors (Lipinski definition) is 4. The van der Waals surface area contributed by atoms with Gasteiger partial charge in [-0.2, -0.15) is 0 Å². The van der Waals surface area contributed by atoms with Gasteiger partial charge in [0.15, 0.2) is 0 Å². The van der Waals surface area contributed by atoms with E-state index >= 15 is 0 Å². The summed E-state index contributed by atoms with van der Waals surface area (Å²) in [7, 11) is 0. The summed E-state index contributed by atoms with van der Waals surface area (Å²) in [4.78, 5) is 0. The fourth-order valence-corrected chi connectivity index (χ4v) is 6.13. The van der Waals surface area contributed by atoms with Crippen molar-refractivity contribution in [3.63, 3.8) is 0 Å². The van der Waals surface area contributed by atoms with Crippen molar-refractivity contribution in [1.29, 1.82) is 0 Å². The third kappa shape index (κ3) is 8.38. The lowest BCUT2D eigenvalue weighted by Crippen LogP contribution is -2.18. The highest BCUT2D eigenvalue weighted by Gasteiger charge is 2.30. The Hall–Kier alpha value is -3.92. The molecule has 0 radical (unpaired) electrons. The zero-order valence-electron chi connectivity index (χ0n) is 32.4. The van der Waals surface area contributed by atoms with Crippen LogP contribution in [0.1, 0.15) is 128 Å². The van der Waals surface area contributed by atoms with Gasteiger partial charge in [0.25, 0.3) is 0 Å². The summed E-state index contributed by atoms with van der Waals surface area (Å²) in [6.07, 6.45) is 0. The average Bonchev–Trinajstić information content (AvgIpc) is 2.92. The second kappa shape index (κ2) is 13.2. The quantitative estimate of drug-likeness (QED) is 0.174. The minimum absolute atomic E-state index is 0.184. The third-order valence-corrected chi connectivity index (χ3v) is 9.10. The molecule has 4 rings (SSSR count). The number of rotatable bonds is 2. The summed E-state index contributed by atoms with van der Waals surface area (Å²) in [5.41, 5.74) is 10.8. The van der Waals surface area contributed by atoms with E-state index in [1.165, 1.54) is 0 Å². The number of aromatic hydroxyl groups is 4. The van der Waals surface area contributed by atoms with Crippen LogP contribution < -0.4 is 0 Å². The first-order valence-electron chi connectivity index (χ1n) is 17.0. The number of aryl methyl sites for hydroxylation is 4. The van der Waals surface area contributed by atoms with E-state index in [1.807, 2.05) is 52.0 Å². The van der Waals surface area contributed by atoms with Crippen molar-refractivity contribution in [2.45, 2.75) is 132 Å². The van der Waals surface area contributed by atoms with E-state index in [2.05, 4.69) is 107 Å². The van der Waals surface area contributed by atoms with Crippen LogP contribution in [0.2, 0.25) is 0 Å². The van der Waals surface area contributed by atoms with Gasteiger partial charge in [-0.05, 0) is 142 Å². The van der Waals surface area contributed by atoms with E-state index in [9.17, 15) is 20.4 Å². The molecule has 260 valence electrons. The Kier molecular flexibility index (Phi) is 10.6. The van der Waals surface area contributed by atoms with E-state index in [-0.39, 0.29) is 21.7 Å². The van der Waals surface area contributed by atoms with Crippen LogP contribution in [-0.4, -0.2) is 20.4 Å². The monoisotopic (exact) mass is 652 g/mol.